The van der Waals surface area contributed by atoms with Gasteiger partial charge in [-0.1, -0.05) is 11.6 Å². The van der Waals surface area contributed by atoms with Crippen LogP contribution in [0.25, 0.3) is 0 Å². The molecule has 1 aliphatic rings. The molecule has 3 nitrogen and oxygen atoms in total. The number of hydrogen-bond acceptors (Lipinski definition) is 3. The second kappa shape index (κ2) is 4.78. The molecule has 2 N–H and O–H groups in total. The molecule has 0 bridgehead atoms. The Hall–Kier alpha value is -0.160. The highest BCUT2D eigenvalue weighted by Gasteiger charge is 2.22. The minimum Gasteiger partial charge on any atom is -0.311 e. The second-order valence-corrected chi connectivity index (χ2v) is 4.92. The number of hydrogen-bond donors (Lipinski definition) is 2. The normalized spacial score (nSPS) is 26.6. The fraction of sp³-hybridized carbons (Fsp3) is 0.500. The van der Waals surface area contributed by atoms with Crippen LogP contribution in [0.3, 0.4) is 0 Å². The van der Waals surface area contributed by atoms with Crippen LogP contribution in [0.1, 0.15) is 18.5 Å². The first-order valence-electron chi connectivity index (χ1n) is 4.96. The van der Waals surface area contributed by atoms with Gasteiger partial charge in [0, 0.05) is 25.2 Å². The van der Waals surface area contributed by atoms with E-state index >= 15 is 0 Å². The number of nitrogens with one attached hydrogen (secondary N) is 2. The van der Waals surface area contributed by atoms with Crippen molar-refractivity contribution in [1.82, 2.24) is 15.6 Å². The molecule has 1 aromatic rings. The molecule has 0 amide bonds. The van der Waals surface area contributed by atoms with Crippen LogP contribution in [0.4, 0.5) is 0 Å². The van der Waals surface area contributed by atoms with E-state index < -0.39 is 0 Å². The highest BCUT2D eigenvalue weighted by molar-refractivity contribution is 9.10. The maximum Gasteiger partial charge on any atom is 0.130 e. The first kappa shape index (κ1) is 11.3. The van der Waals surface area contributed by atoms with Gasteiger partial charge in [-0.2, -0.15) is 0 Å². The minimum absolute atomic E-state index is 0.301. The third kappa shape index (κ3) is 2.69. The summed E-state index contributed by atoms with van der Waals surface area (Å²) in [7, 11) is 0. The van der Waals surface area contributed by atoms with E-state index in [1.165, 1.54) is 5.56 Å². The van der Waals surface area contributed by atoms with Crippen molar-refractivity contribution in [2.75, 3.05) is 13.1 Å². The molecule has 2 rings (SSSR count). The molecule has 2 heterocycles. The highest BCUT2D eigenvalue weighted by atomic mass is 79.9. The molecular weight excluding hydrogens is 277 g/mol. The van der Waals surface area contributed by atoms with E-state index in [9.17, 15) is 0 Å². The number of halogens is 2. The van der Waals surface area contributed by atoms with E-state index in [0.717, 1.165) is 17.7 Å². The lowest BCUT2D eigenvalue weighted by molar-refractivity contribution is 0.345. The second-order valence-electron chi connectivity index (χ2n) is 3.72. The fourth-order valence-electron chi connectivity index (χ4n) is 1.89. The molecule has 0 aromatic carbocycles. The minimum atomic E-state index is 0.301. The van der Waals surface area contributed by atoms with Crippen LogP contribution >= 0.6 is 27.5 Å². The topological polar surface area (TPSA) is 37.0 Å². The lowest BCUT2D eigenvalue weighted by atomic mass is 10.00. The molecule has 5 heteroatoms. The summed E-state index contributed by atoms with van der Waals surface area (Å²) in [6.45, 7) is 4.16. The third-order valence-electron chi connectivity index (χ3n) is 2.60. The summed E-state index contributed by atoms with van der Waals surface area (Å²) in [5.74, 6) is 0. The van der Waals surface area contributed by atoms with Gasteiger partial charge in [0.05, 0.1) is 0 Å². The Labute approximate surface area is 103 Å². The van der Waals surface area contributed by atoms with Crippen molar-refractivity contribution in [2.24, 2.45) is 0 Å². The molecule has 15 heavy (non-hydrogen) atoms. The van der Waals surface area contributed by atoms with Crippen LogP contribution < -0.4 is 10.6 Å². The summed E-state index contributed by atoms with van der Waals surface area (Å²) in [6, 6.07) is 4.63. The van der Waals surface area contributed by atoms with E-state index in [4.69, 9.17) is 11.6 Å². The Morgan fingerprint density at radius 2 is 2.13 bits per heavy atom. The van der Waals surface area contributed by atoms with E-state index in [-0.39, 0.29) is 0 Å². The number of rotatable bonds is 1. The summed E-state index contributed by atoms with van der Waals surface area (Å²) in [4.78, 5) is 4.09. The quantitative estimate of drug-likeness (QED) is 0.778. The van der Waals surface area contributed by atoms with Gasteiger partial charge >= 0.3 is 0 Å². The Morgan fingerprint density at radius 3 is 2.80 bits per heavy atom. The number of aromatic nitrogens is 1. The first-order chi connectivity index (χ1) is 7.16. The summed E-state index contributed by atoms with van der Waals surface area (Å²) in [6.07, 6.45) is 0. The van der Waals surface area contributed by atoms with Crippen molar-refractivity contribution < 1.29 is 0 Å². The van der Waals surface area contributed by atoms with Gasteiger partial charge in [-0.15, -0.1) is 0 Å². The maximum absolute atomic E-state index is 5.93. The molecule has 1 fully saturated rings. The molecule has 82 valence electrons. The van der Waals surface area contributed by atoms with Gasteiger partial charge in [-0.05, 0) is 40.5 Å². The SMILES string of the molecule is CC1NCCNC1c1cc(Cl)nc(Br)c1. The van der Waals surface area contributed by atoms with Crippen LogP contribution in [-0.2, 0) is 0 Å². The van der Waals surface area contributed by atoms with Gasteiger partial charge in [0.1, 0.15) is 9.76 Å². The molecule has 1 saturated heterocycles. The molecule has 2 atom stereocenters. The van der Waals surface area contributed by atoms with Crippen LogP contribution in [-0.4, -0.2) is 24.1 Å². The zero-order valence-electron chi connectivity index (χ0n) is 8.43. The Morgan fingerprint density at radius 1 is 1.40 bits per heavy atom. The van der Waals surface area contributed by atoms with Crippen LogP contribution in [0.2, 0.25) is 5.15 Å². The zero-order chi connectivity index (χ0) is 10.8. The largest absolute Gasteiger partial charge is 0.311 e. The van der Waals surface area contributed by atoms with Gasteiger partial charge in [0.15, 0.2) is 0 Å². The first-order valence-corrected chi connectivity index (χ1v) is 6.13. The van der Waals surface area contributed by atoms with Gasteiger partial charge in [-0.3, -0.25) is 0 Å². The molecular formula is C10H13BrClN3. The Bertz CT molecular complexity index is 338. The standard InChI is InChI=1S/C10H13BrClN3/c1-6-10(14-3-2-13-6)7-4-8(11)15-9(12)5-7/h4-6,10,13-14H,2-3H2,1H3. The maximum atomic E-state index is 5.93. The average molecular weight is 291 g/mol. The number of piperazine rings is 1. The molecule has 0 spiro atoms. The van der Waals surface area contributed by atoms with Crippen molar-refractivity contribution >= 4 is 27.5 Å². The summed E-state index contributed by atoms with van der Waals surface area (Å²) >= 11 is 9.28. The van der Waals surface area contributed by atoms with E-state index in [1.807, 2.05) is 12.1 Å². The molecule has 0 radical (unpaired) electrons. The van der Waals surface area contributed by atoms with Crippen molar-refractivity contribution in [3.63, 3.8) is 0 Å². The number of nitrogens with zero attached hydrogens (tertiary/aromatic N) is 1. The van der Waals surface area contributed by atoms with E-state index in [0.29, 0.717) is 17.2 Å². The highest BCUT2D eigenvalue weighted by Crippen LogP contribution is 2.24. The van der Waals surface area contributed by atoms with Gasteiger partial charge in [0.2, 0.25) is 0 Å². The van der Waals surface area contributed by atoms with Gasteiger partial charge < -0.3 is 10.6 Å². The fourth-order valence-corrected chi connectivity index (χ4v) is 2.67. The predicted molar refractivity (Wildman–Crippen MR) is 65.2 cm³/mol. The third-order valence-corrected chi connectivity index (χ3v) is 3.20. The van der Waals surface area contributed by atoms with E-state index in [1.54, 1.807) is 0 Å². The van der Waals surface area contributed by atoms with Crippen molar-refractivity contribution in [2.45, 2.75) is 19.0 Å². The smallest absolute Gasteiger partial charge is 0.130 e. The van der Waals surface area contributed by atoms with Crippen LogP contribution in [0.15, 0.2) is 16.7 Å². The predicted octanol–water partition coefficient (Wildman–Crippen LogP) is 2.12. The zero-order valence-corrected chi connectivity index (χ0v) is 10.8. The number of pyridine rings is 1. The van der Waals surface area contributed by atoms with Crippen LogP contribution in [0.5, 0.6) is 0 Å². The van der Waals surface area contributed by atoms with E-state index in [2.05, 4.69) is 38.5 Å². The summed E-state index contributed by atoms with van der Waals surface area (Å²) < 4.78 is 0.782. The monoisotopic (exact) mass is 289 g/mol. The lowest BCUT2D eigenvalue weighted by Gasteiger charge is -2.31. The molecule has 0 aliphatic carbocycles. The van der Waals surface area contributed by atoms with Gasteiger partial charge in [0.25, 0.3) is 0 Å². The van der Waals surface area contributed by atoms with Crippen LogP contribution in [0, 0.1) is 0 Å². The molecule has 0 saturated carbocycles. The Kier molecular flexibility index (Phi) is 3.61. The summed E-state index contributed by atoms with van der Waals surface area (Å²) in [5.41, 5.74) is 1.17. The Balaban J connectivity index is 2.27. The molecule has 2 unspecified atom stereocenters. The average Bonchev–Trinajstić information content (AvgIpc) is 2.16. The molecule has 1 aliphatic heterocycles. The molecule has 1 aromatic heterocycles. The lowest BCUT2D eigenvalue weighted by Crippen LogP contribution is -2.49. The summed E-state index contributed by atoms with van der Waals surface area (Å²) in [5, 5.41) is 7.42. The van der Waals surface area contributed by atoms with Crippen molar-refractivity contribution in [1.29, 1.82) is 0 Å². The van der Waals surface area contributed by atoms with Gasteiger partial charge in [-0.25, -0.2) is 4.98 Å². The van der Waals surface area contributed by atoms with Crippen molar-refractivity contribution in [3.8, 4) is 0 Å². The van der Waals surface area contributed by atoms with Crippen molar-refractivity contribution in [3.05, 3.63) is 27.5 Å².